The van der Waals surface area contributed by atoms with Crippen molar-refractivity contribution in [1.82, 2.24) is 4.98 Å². The first-order chi connectivity index (χ1) is 9.54. The number of hydrogen-bond acceptors (Lipinski definition) is 2. The molecule has 0 spiro atoms. The Balaban J connectivity index is 2.39. The Labute approximate surface area is 140 Å². The number of carbonyl (C=O) groups is 1. The van der Waals surface area contributed by atoms with Crippen LogP contribution in [-0.2, 0) is 0 Å². The van der Waals surface area contributed by atoms with E-state index in [1.807, 2.05) is 44.2 Å². The van der Waals surface area contributed by atoms with Crippen molar-refractivity contribution in [3.63, 3.8) is 0 Å². The van der Waals surface area contributed by atoms with Gasteiger partial charge in [-0.25, -0.2) is 4.98 Å². The summed E-state index contributed by atoms with van der Waals surface area (Å²) in [6.07, 6.45) is 1.70. The maximum absolute atomic E-state index is 12.7. The Kier molecular flexibility index (Phi) is 5.15. The van der Waals surface area contributed by atoms with Crippen LogP contribution in [0, 0.1) is 10.5 Å². The van der Waals surface area contributed by atoms with Crippen LogP contribution in [0.2, 0.25) is 0 Å². The van der Waals surface area contributed by atoms with Crippen LogP contribution in [0.1, 0.15) is 22.8 Å². The standard InChI is InChI=1S/C15H14BrIN2O/c1-3-19(13-8-7-11(16)9-18-13)15(20)12-6-4-5-10(2)14(12)17/h4-9H,3H2,1-2H3. The molecule has 1 amide bonds. The first-order valence-corrected chi connectivity index (χ1v) is 8.10. The Morgan fingerprint density at radius 3 is 2.70 bits per heavy atom. The third-order valence-electron chi connectivity index (χ3n) is 2.97. The molecule has 1 aromatic carbocycles. The minimum absolute atomic E-state index is 0.0181. The number of carbonyl (C=O) groups excluding carboxylic acids is 1. The quantitative estimate of drug-likeness (QED) is 0.656. The van der Waals surface area contributed by atoms with Gasteiger partial charge in [0.05, 0.1) is 5.56 Å². The maximum atomic E-state index is 12.7. The molecule has 0 fully saturated rings. The molecule has 2 aromatic rings. The van der Waals surface area contributed by atoms with Gasteiger partial charge < -0.3 is 0 Å². The zero-order chi connectivity index (χ0) is 14.7. The van der Waals surface area contributed by atoms with Crippen molar-refractivity contribution in [2.24, 2.45) is 0 Å². The molecule has 0 aliphatic carbocycles. The molecule has 20 heavy (non-hydrogen) atoms. The fourth-order valence-corrected chi connectivity index (χ4v) is 2.72. The molecule has 0 unspecified atom stereocenters. The van der Waals surface area contributed by atoms with Crippen LogP contribution in [0.15, 0.2) is 41.0 Å². The fraction of sp³-hybridized carbons (Fsp3) is 0.200. The smallest absolute Gasteiger partial charge is 0.260 e. The normalized spacial score (nSPS) is 10.4. The number of anilines is 1. The van der Waals surface area contributed by atoms with Gasteiger partial charge in [0.2, 0.25) is 0 Å². The molecule has 0 saturated carbocycles. The number of amides is 1. The summed E-state index contributed by atoms with van der Waals surface area (Å²) in [5.74, 6) is 0.647. The Morgan fingerprint density at radius 1 is 1.35 bits per heavy atom. The van der Waals surface area contributed by atoms with E-state index in [-0.39, 0.29) is 5.91 Å². The van der Waals surface area contributed by atoms with Gasteiger partial charge in [0.15, 0.2) is 0 Å². The van der Waals surface area contributed by atoms with Gasteiger partial charge in [-0.15, -0.1) is 0 Å². The molecule has 0 N–H and O–H groups in total. The molecule has 5 heteroatoms. The van der Waals surface area contributed by atoms with Crippen molar-refractivity contribution in [3.05, 3.63) is 55.7 Å². The third kappa shape index (κ3) is 3.20. The lowest BCUT2D eigenvalue weighted by Crippen LogP contribution is -2.32. The molecule has 0 radical (unpaired) electrons. The molecule has 0 aliphatic heterocycles. The molecule has 3 nitrogen and oxygen atoms in total. The van der Waals surface area contributed by atoms with Crippen LogP contribution >= 0.6 is 38.5 Å². The lowest BCUT2D eigenvalue weighted by Gasteiger charge is -2.21. The Morgan fingerprint density at radius 2 is 2.10 bits per heavy atom. The van der Waals surface area contributed by atoms with Crippen molar-refractivity contribution >= 4 is 50.2 Å². The number of halogens is 2. The highest BCUT2D eigenvalue weighted by molar-refractivity contribution is 14.1. The third-order valence-corrected chi connectivity index (χ3v) is 4.87. The first-order valence-electron chi connectivity index (χ1n) is 6.23. The summed E-state index contributed by atoms with van der Waals surface area (Å²) < 4.78 is 1.89. The van der Waals surface area contributed by atoms with Crippen molar-refractivity contribution in [3.8, 4) is 0 Å². The summed E-state index contributed by atoms with van der Waals surface area (Å²) in [4.78, 5) is 18.7. The van der Waals surface area contributed by atoms with Gasteiger partial charge in [0, 0.05) is 20.8 Å². The second kappa shape index (κ2) is 6.67. The van der Waals surface area contributed by atoms with Crippen LogP contribution < -0.4 is 4.90 Å². The summed E-state index contributed by atoms with van der Waals surface area (Å²) in [6, 6.07) is 9.51. The highest BCUT2D eigenvalue weighted by atomic mass is 127. The molecule has 1 aromatic heterocycles. The van der Waals surface area contributed by atoms with Gasteiger partial charge in [-0.1, -0.05) is 12.1 Å². The van der Waals surface area contributed by atoms with Gasteiger partial charge in [0.1, 0.15) is 5.82 Å². The highest BCUT2D eigenvalue weighted by Crippen LogP contribution is 2.21. The van der Waals surface area contributed by atoms with E-state index in [1.54, 1.807) is 11.1 Å². The number of benzene rings is 1. The van der Waals surface area contributed by atoms with Crippen LogP contribution in [-0.4, -0.2) is 17.4 Å². The van der Waals surface area contributed by atoms with E-state index in [0.29, 0.717) is 12.4 Å². The minimum Gasteiger partial charge on any atom is -0.293 e. The van der Waals surface area contributed by atoms with E-state index in [9.17, 15) is 4.79 Å². The Bertz CT molecular complexity index is 628. The van der Waals surface area contributed by atoms with E-state index in [2.05, 4.69) is 43.5 Å². The lowest BCUT2D eigenvalue weighted by atomic mass is 10.1. The van der Waals surface area contributed by atoms with Gasteiger partial charge >= 0.3 is 0 Å². The zero-order valence-corrected chi connectivity index (χ0v) is 15.0. The molecular formula is C15H14BrIN2O. The van der Waals surface area contributed by atoms with Crippen molar-refractivity contribution in [2.75, 3.05) is 11.4 Å². The number of pyridine rings is 1. The van der Waals surface area contributed by atoms with Crippen LogP contribution in [0.4, 0.5) is 5.82 Å². The average Bonchev–Trinajstić information content (AvgIpc) is 2.44. The molecular weight excluding hydrogens is 431 g/mol. The zero-order valence-electron chi connectivity index (χ0n) is 11.2. The molecule has 0 atom stereocenters. The summed E-state index contributed by atoms with van der Waals surface area (Å²) in [5.41, 5.74) is 1.83. The van der Waals surface area contributed by atoms with Crippen LogP contribution in [0.25, 0.3) is 0 Å². The number of rotatable bonds is 3. The number of hydrogen-bond donors (Lipinski definition) is 0. The monoisotopic (exact) mass is 444 g/mol. The molecule has 1 heterocycles. The number of aryl methyl sites for hydroxylation is 1. The summed E-state index contributed by atoms with van der Waals surface area (Å²) in [7, 11) is 0. The number of nitrogens with zero attached hydrogens (tertiary/aromatic N) is 2. The van der Waals surface area contributed by atoms with Crippen LogP contribution in [0.5, 0.6) is 0 Å². The molecule has 104 valence electrons. The highest BCUT2D eigenvalue weighted by Gasteiger charge is 2.19. The van der Waals surface area contributed by atoms with Gasteiger partial charge in [-0.2, -0.15) is 0 Å². The van der Waals surface area contributed by atoms with E-state index in [0.717, 1.165) is 19.2 Å². The lowest BCUT2D eigenvalue weighted by molar-refractivity contribution is 0.0986. The van der Waals surface area contributed by atoms with Crippen molar-refractivity contribution in [1.29, 1.82) is 0 Å². The van der Waals surface area contributed by atoms with E-state index in [4.69, 9.17) is 0 Å². The summed E-state index contributed by atoms with van der Waals surface area (Å²) >= 11 is 5.57. The SMILES string of the molecule is CCN(C(=O)c1cccc(C)c1I)c1ccc(Br)cn1. The predicted octanol–water partition coefficient (Wildman–Crippen LogP) is 4.42. The molecule has 0 saturated heterocycles. The second-order valence-corrected chi connectivity index (χ2v) is 6.31. The number of aromatic nitrogens is 1. The largest absolute Gasteiger partial charge is 0.293 e. The van der Waals surface area contributed by atoms with E-state index >= 15 is 0 Å². The first kappa shape index (κ1) is 15.4. The minimum atomic E-state index is -0.0181. The average molecular weight is 445 g/mol. The Hall–Kier alpha value is -0.950. The fourth-order valence-electron chi connectivity index (χ4n) is 1.90. The maximum Gasteiger partial charge on any atom is 0.260 e. The van der Waals surface area contributed by atoms with E-state index in [1.165, 1.54) is 0 Å². The molecule has 2 rings (SSSR count). The second-order valence-electron chi connectivity index (χ2n) is 4.32. The summed E-state index contributed by atoms with van der Waals surface area (Å²) in [6.45, 7) is 4.54. The van der Waals surface area contributed by atoms with Crippen molar-refractivity contribution < 1.29 is 4.79 Å². The summed E-state index contributed by atoms with van der Waals surface area (Å²) in [5, 5.41) is 0. The topological polar surface area (TPSA) is 33.2 Å². The van der Waals surface area contributed by atoms with Crippen LogP contribution in [0.3, 0.4) is 0 Å². The van der Waals surface area contributed by atoms with Gasteiger partial charge in [0.25, 0.3) is 5.91 Å². The predicted molar refractivity (Wildman–Crippen MR) is 93.2 cm³/mol. The molecule has 0 aliphatic rings. The van der Waals surface area contributed by atoms with Gasteiger partial charge in [-0.3, -0.25) is 9.69 Å². The van der Waals surface area contributed by atoms with Gasteiger partial charge in [-0.05, 0) is 76.1 Å². The van der Waals surface area contributed by atoms with E-state index < -0.39 is 0 Å². The molecule has 0 bridgehead atoms. The van der Waals surface area contributed by atoms with Crippen molar-refractivity contribution in [2.45, 2.75) is 13.8 Å².